The Balaban J connectivity index is 1.54. The van der Waals surface area contributed by atoms with E-state index >= 15 is 0 Å². The molecule has 0 aliphatic carbocycles. The van der Waals surface area contributed by atoms with Crippen LogP contribution in [-0.2, 0) is 27.2 Å². The van der Waals surface area contributed by atoms with Gasteiger partial charge in [0.05, 0.1) is 36.8 Å². The minimum Gasteiger partial charge on any atom is -0.491 e. The number of rotatable bonds is 5. The highest BCUT2D eigenvalue weighted by Gasteiger charge is 2.46. The van der Waals surface area contributed by atoms with Crippen LogP contribution >= 0.6 is 11.3 Å². The molecule has 1 aromatic carbocycles. The molecule has 2 aliphatic heterocycles. The van der Waals surface area contributed by atoms with Crippen molar-refractivity contribution in [3.05, 3.63) is 45.9 Å². The van der Waals surface area contributed by atoms with Gasteiger partial charge in [0.25, 0.3) is 5.91 Å². The smallest absolute Gasteiger partial charge is 0.256 e. The van der Waals surface area contributed by atoms with Crippen LogP contribution in [0.3, 0.4) is 0 Å². The van der Waals surface area contributed by atoms with Gasteiger partial charge in [-0.05, 0) is 50.7 Å². The van der Waals surface area contributed by atoms with Crippen molar-refractivity contribution in [2.75, 3.05) is 39.4 Å². The number of aryl methyl sites for hydroxylation is 2. The SMILES string of the molecule is CCCCN1CCOc2ccccc2CCCCC2(CN(C(=O)Cc3csc(C)n3)CCO2)C1=O. The normalized spacial score (nSPS) is 21.7. The van der Waals surface area contributed by atoms with Gasteiger partial charge in [-0.3, -0.25) is 9.59 Å². The lowest BCUT2D eigenvalue weighted by Crippen LogP contribution is -2.62. The number of ether oxygens (including phenoxy) is 2. The zero-order valence-electron chi connectivity index (χ0n) is 21.0. The van der Waals surface area contributed by atoms with Crippen molar-refractivity contribution in [1.29, 1.82) is 0 Å². The van der Waals surface area contributed by atoms with Crippen molar-refractivity contribution in [1.82, 2.24) is 14.8 Å². The van der Waals surface area contributed by atoms with Crippen LogP contribution in [0.1, 0.15) is 55.3 Å². The molecule has 2 amide bonds. The van der Waals surface area contributed by atoms with E-state index in [1.807, 2.05) is 40.3 Å². The number of hydrogen-bond acceptors (Lipinski definition) is 6. The maximum atomic E-state index is 14.0. The molecule has 1 atom stereocenters. The average Bonchev–Trinajstić information content (AvgIpc) is 3.28. The van der Waals surface area contributed by atoms with Gasteiger partial charge < -0.3 is 19.3 Å². The first kappa shape index (κ1) is 25.6. The molecule has 0 saturated carbocycles. The topological polar surface area (TPSA) is 72.0 Å². The van der Waals surface area contributed by atoms with Crippen LogP contribution in [0.25, 0.3) is 0 Å². The van der Waals surface area contributed by atoms with Crippen LogP contribution in [0.2, 0.25) is 0 Å². The van der Waals surface area contributed by atoms with Gasteiger partial charge in [-0.2, -0.15) is 0 Å². The van der Waals surface area contributed by atoms with E-state index in [1.54, 1.807) is 11.3 Å². The molecule has 190 valence electrons. The van der Waals surface area contributed by atoms with Gasteiger partial charge in [-0.1, -0.05) is 31.5 Å². The van der Waals surface area contributed by atoms with E-state index in [0.717, 1.165) is 48.6 Å². The number of para-hydroxylation sites is 1. The molecular weight excluding hydrogens is 462 g/mol. The van der Waals surface area contributed by atoms with Crippen LogP contribution in [0.15, 0.2) is 29.6 Å². The van der Waals surface area contributed by atoms with Gasteiger partial charge in [-0.15, -0.1) is 11.3 Å². The molecule has 7 nitrogen and oxygen atoms in total. The lowest BCUT2D eigenvalue weighted by Gasteiger charge is -2.44. The summed E-state index contributed by atoms with van der Waals surface area (Å²) in [6.45, 7) is 6.85. The van der Waals surface area contributed by atoms with Crippen molar-refractivity contribution < 1.29 is 19.1 Å². The minimum atomic E-state index is -1.00. The molecule has 4 rings (SSSR count). The largest absolute Gasteiger partial charge is 0.491 e. The summed E-state index contributed by atoms with van der Waals surface area (Å²) in [7, 11) is 0. The summed E-state index contributed by atoms with van der Waals surface area (Å²) >= 11 is 1.55. The lowest BCUT2D eigenvalue weighted by molar-refractivity contribution is -0.176. The number of aromatic nitrogens is 1. The quantitative estimate of drug-likeness (QED) is 0.621. The second kappa shape index (κ2) is 12.0. The number of thiazole rings is 1. The number of fused-ring (bicyclic) bond motifs is 1. The Bertz CT molecular complexity index is 1010. The van der Waals surface area contributed by atoms with Crippen LogP contribution in [0.4, 0.5) is 0 Å². The summed E-state index contributed by atoms with van der Waals surface area (Å²) in [5, 5.41) is 2.89. The number of amides is 2. The van der Waals surface area contributed by atoms with Crippen LogP contribution in [-0.4, -0.2) is 71.6 Å². The third kappa shape index (κ3) is 6.41. The van der Waals surface area contributed by atoms with Gasteiger partial charge >= 0.3 is 0 Å². The van der Waals surface area contributed by atoms with Crippen molar-refractivity contribution >= 4 is 23.2 Å². The Hall–Kier alpha value is -2.45. The number of nitrogens with zero attached hydrogens (tertiary/aromatic N) is 3. The zero-order valence-corrected chi connectivity index (χ0v) is 21.8. The highest BCUT2D eigenvalue weighted by atomic mass is 32.1. The third-order valence-corrected chi connectivity index (χ3v) is 7.69. The highest BCUT2D eigenvalue weighted by molar-refractivity contribution is 7.09. The molecule has 1 aromatic heterocycles. The number of carbonyl (C=O) groups is 2. The van der Waals surface area contributed by atoms with E-state index in [0.29, 0.717) is 45.8 Å². The number of benzene rings is 1. The Morgan fingerprint density at radius 3 is 2.86 bits per heavy atom. The lowest BCUT2D eigenvalue weighted by atomic mass is 9.90. The summed E-state index contributed by atoms with van der Waals surface area (Å²) in [5.41, 5.74) is 0.996. The minimum absolute atomic E-state index is 0.00857. The van der Waals surface area contributed by atoms with E-state index in [-0.39, 0.29) is 18.2 Å². The first-order valence-corrected chi connectivity index (χ1v) is 13.7. The molecule has 0 radical (unpaired) electrons. The van der Waals surface area contributed by atoms with Crippen molar-refractivity contribution in [3.63, 3.8) is 0 Å². The predicted molar refractivity (Wildman–Crippen MR) is 137 cm³/mol. The van der Waals surface area contributed by atoms with E-state index in [1.165, 1.54) is 5.56 Å². The van der Waals surface area contributed by atoms with E-state index in [2.05, 4.69) is 18.0 Å². The Labute approximate surface area is 212 Å². The first-order chi connectivity index (χ1) is 17.0. The van der Waals surface area contributed by atoms with Gasteiger partial charge in [-0.25, -0.2) is 4.98 Å². The summed E-state index contributed by atoms with van der Waals surface area (Å²) in [4.78, 5) is 35.3. The molecule has 0 bridgehead atoms. The summed E-state index contributed by atoms with van der Waals surface area (Å²) in [6, 6.07) is 8.17. The van der Waals surface area contributed by atoms with Crippen molar-refractivity contribution in [2.24, 2.45) is 0 Å². The van der Waals surface area contributed by atoms with E-state index in [9.17, 15) is 9.59 Å². The van der Waals surface area contributed by atoms with Gasteiger partial charge in [0.1, 0.15) is 12.4 Å². The molecule has 2 aliphatic rings. The molecule has 8 heteroatoms. The predicted octanol–water partition coefficient (Wildman–Crippen LogP) is 4.03. The summed E-state index contributed by atoms with van der Waals surface area (Å²) in [6.07, 6.45) is 5.46. The van der Waals surface area contributed by atoms with E-state index < -0.39 is 5.60 Å². The molecular formula is C27H37N3O4S. The van der Waals surface area contributed by atoms with E-state index in [4.69, 9.17) is 9.47 Å². The third-order valence-electron chi connectivity index (χ3n) is 6.86. The fraction of sp³-hybridized carbons (Fsp3) is 0.593. The molecule has 1 fully saturated rings. The summed E-state index contributed by atoms with van der Waals surface area (Å²) < 4.78 is 12.4. The van der Waals surface area contributed by atoms with Crippen molar-refractivity contribution in [3.8, 4) is 5.75 Å². The Morgan fingerprint density at radius 1 is 1.20 bits per heavy atom. The maximum absolute atomic E-state index is 14.0. The molecule has 1 spiro atoms. The number of unbranched alkanes of at least 4 members (excludes halogenated alkanes) is 1. The van der Waals surface area contributed by atoms with Gasteiger partial charge in [0, 0.05) is 18.5 Å². The van der Waals surface area contributed by atoms with Crippen LogP contribution < -0.4 is 4.74 Å². The van der Waals surface area contributed by atoms with Crippen molar-refractivity contribution in [2.45, 2.75) is 64.4 Å². The first-order valence-electron chi connectivity index (χ1n) is 12.8. The second-order valence-corrected chi connectivity index (χ2v) is 10.6. The highest BCUT2D eigenvalue weighted by Crippen LogP contribution is 2.30. The molecule has 3 heterocycles. The molecule has 0 N–H and O–H groups in total. The molecule has 2 aromatic rings. The van der Waals surface area contributed by atoms with Gasteiger partial charge in [0.15, 0.2) is 5.60 Å². The van der Waals surface area contributed by atoms with Crippen LogP contribution in [0.5, 0.6) is 5.75 Å². The zero-order chi connectivity index (χ0) is 24.7. The number of carbonyl (C=O) groups excluding carboxylic acids is 2. The Kier molecular flexibility index (Phi) is 8.78. The maximum Gasteiger partial charge on any atom is 0.256 e. The average molecular weight is 500 g/mol. The fourth-order valence-electron chi connectivity index (χ4n) is 4.94. The van der Waals surface area contributed by atoms with Crippen LogP contribution in [0, 0.1) is 6.92 Å². The molecule has 1 saturated heterocycles. The monoisotopic (exact) mass is 499 g/mol. The number of hydrogen-bond donors (Lipinski definition) is 0. The number of morpholine rings is 1. The fourth-order valence-corrected chi connectivity index (χ4v) is 5.55. The standard InChI is InChI=1S/C27H37N3O4S/c1-3-4-13-29-14-16-33-24-11-6-5-9-22(24)10-7-8-12-27(26(29)32)20-30(15-17-34-27)25(31)18-23-19-35-21(2)28-23/h5-6,9,11,19H,3-4,7-8,10,12-18,20H2,1-2H3. The van der Waals surface area contributed by atoms with Gasteiger partial charge in [0.2, 0.25) is 5.91 Å². The summed E-state index contributed by atoms with van der Waals surface area (Å²) in [5.74, 6) is 0.910. The second-order valence-electron chi connectivity index (χ2n) is 9.50. The molecule has 1 unspecified atom stereocenters. The molecule has 35 heavy (non-hydrogen) atoms. The Morgan fingerprint density at radius 2 is 2.06 bits per heavy atom.